The molecule has 0 bridgehead atoms. The molecule has 0 saturated carbocycles. The van der Waals surface area contributed by atoms with Gasteiger partial charge in [0.1, 0.15) is 9.84 Å². The van der Waals surface area contributed by atoms with E-state index in [9.17, 15) is 34.8 Å². The van der Waals surface area contributed by atoms with Gasteiger partial charge in [-0.3, -0.25) is 0 Å². The Balaban J connectivity index is 5.67. The molecule has 0 aromatic heterocycles. The Kier molecular flexibility index (Phi) is 5.83. The van der Waals surface area contributed by atoms with E-state index in [1.165, 1.54) is 20.8 Å². The SMILES string of the molecule is CC(C)(C)CCC(CCS(C)(=O)=O)(C(F)(F)F)C(F)(F)F. The van der Waals surface area contributed by atoms with E-state index in [-0.39, 0.29) is 6.42 Å². The Hall–Kier alpha value is -0.470. The summed E-state index contributed by atoms with van der Waals surface area (Å²) in [6.45, 7) is 4.59. The highest BCUT2D eigenvalue weighted by atomic mass is 32.2. The molecule has 0 aliphatic carbocycles. The molecule has 0 saturated heterocycles. The zero-order chi connectivity index (χ0) is 17.3. The summed E-state index contributed by atoms with van der Waals surface area (Å²) in [6.07, 6.45) is -13.5. The third-order valence-corrected chi connectivity index (χ3v) is 4.23. The second kappa shape index (κ2) is 5.96. The highest BCUT2D eigenvalue weighted by Gasteiger charge is 2.69. The number of alkyl halides is 6. The Morgan fingerprint density at radius 3 is 1.38 bits per heavy atom. The van der Waals surface area contributed by atoms with Gasteiger partial charge >= 0.3 is 12.4 Å². The van der Waals surface area contributed by atoms with Crippen LogP contribution in [0.2, 0.25) is 0 Å². The molecule has 0 N–H and O–H groups in total. The van der Waals surface area contributed by atoms with Crippen LogP contribution in [0.5, 0.6) is 0 Å². The highest BCUT2D eigenvalue weighted by Crippen LogP contribution is 2.56. The van der Waals surface area contributed by atoms with Crippen molar-refractivity contribution in [1.29, 1.82) is 0 Å². The molecule has 0 radical (unpaired) electrons. The van der Waals surface area contributed by atoms with E-state index >= 15 is 0 Å². The molecule has 0 spiro atoms. The molecule has 21 heavy (non-hydrogen) atoms. The van der Waals surface area contributed by atoms with Gasteiger partial charge in [-0.05, 0) is 24.7 Å². The van der Waals surface area contributed by atoms with E-state index in [2.05, 4.69) is 0 Å². The number of hydrogen-bond donors (Lipinski definition) is 0. The number of halogens is 6. The van der Waals surface area contributed by atoms with Crippen molar-refractivity contribution in [3.8, 4) is 0 Å². The first-order chi connectivity index (χ1) is 8.91. The van der Waals surface area contributed by atoms with Crippen LogP contribution in [0.3, 0.4) is 0 Å². The molecule has 9 heteroatoms. The van der Waals surface area contributed by atoms with Crippen molar-refractivity contribution in [3.63, 3.8) is 0 Å². The van der Waals surface area contributed by atoms with Crippen LogP contribution >= 0.6 is 0 Å². The van der Waals surface area contributed by atoms with Gasteiger partial charge in [0.2, 0.25) is 0 Å². The summed E-state index contributed by atoms with van der Waals surface area (Å²) in [4.78, 5) is 0. The Labute approximate surface area is 120 Å². The normalized spacial score (nSPS) is 15.3. The molecular weight excluding hydrogens is 322 g/mol. The van der Waals surface area contributed by atoms with Crippen molar-refractivity contribution in [1.82, 2.24) is 0 Å². The van der Waals surface area contributed by atoms with E-state index in [0.717, 1.165) is 0 Å². The first-order valence-electron chi connectivity index (χ1n) is 6.22. The van der Waals surface area contributed by atoms with Gasteiger partial charge in [0, 0.05) is 6.26 Å². The minimum absolute atomic E-state index is 0.324. The number of hydrogen-bond acceptors (Lipinski definition) is 2. The van der Waals surface area contributed by atoms with Crippen molar-refractivity contribution in [2.75, 3.05) is 12.0 Å². The summed E-state index contributed by atoms with van der Waals surface area (Å²) < 4.78 is 101. The summed E-state index contributed by atoms with van der Waals surface area (Å²) >= 11 is 0. The first-order valence-corrected chi connectivity index (χ1v) is 8.29. The molecule has 0 amide bonds. The van der Waals surface area contributed by atoms with E-state index in [1.807, 2.05) is 0 Å². The van der Waals surface area contributed by atoms with Crippen LogP contribution in [0.25, 0.3) is 0 Å². The molecule has 0 aliphatic heterocycles. The highest BCUT2D eigenvalue weighted by molar-refractivity contribution is 7.90. The van der Waals surface area contributed by atoms with Gasteiger partial charge in [-0.1, -0.05) is 20.8 Å². The maximum Gasteiger partial charge on any atom is 0.403 e. The zero-order valence-corrected chi connectivity index (χ0v) is 13.1. The third-order valence-electron chi connectivity index (χ3n) is 3.29. The predicted molar refractivity (Wildman–Crippen MR) is 67.6 cm³/mol. The number of rotatable bonds is 5. The number of sulfone groups is 1. The summed E-state index contributed by atoms with van der Waals surface area (Å²) in [5.41, 5.74) is -4.72. The lowest BCUT2D eigenvalue weighted by molar-refractivity contribution is -0.345. The second-order valence-corrected chi connectivity index (χ2v) is 8.78. The summed E-state index contributed by atoms with van der Waals surface area (Å²) in [7, 11) is -3.93. The van der Waals surface area contributed by atoms with Crippen molar-refractivity contribution in [2.45, 2.75) is 52.4 Å². The van der Waals surface area contributed by atoms with Crippen molar-refractivity contribution < 1.29 is 34.8 Å². The molecule has 0 unspecified atom stereocenters. The minimum Gasteiger partial charge on any atom is -0.229 e. The molecule has 0 aromatic rings. The molecule has 0 heterocycles. The topological polar surface area (TPSA) is 34.1 Å². The molecule has 0 fully saturated rings. The van der Waals surface area contributed by atoms with Crippen LogP contribution < -0.4 is 0 Å². The fourth-order valence-electron chi connectivity index (χ4n) is 1.80. The van der Waals surface area contributed by atoms with E-state index in [4.69, 9.17) is 0 Å². The average molecular weight is 342 g/mol. The van der Waals surface area contributed by atoms with Gasteiger partial charge in [-0.2, -0.15) is 26.3 Å². The quantitative estimate of drug-likeness (QED) is 0.696. The molecule has 0 aliphatic rings. The molecule has 0 atom stereocenters. The van der Waals surface area contributed by atoms with E-state index in [1.54, 1.807) is 0 Å². The van der Waals surface area contributed by atoms with Gasteiger partial charge in [0.05, 0.1) is 5.75 Å². The van der Waals surface area contributed by atoms with E-state index in [0.29, 0.717) is 6.26 Å². The second-order valence-electron chi connectivity index (χ2n) is 6.52. The zero-order valence-electron chi connectivity index (χ0n) is 12.3. The van der Waals surface area contributed by atoms with Crippen molar-refractivity contribution in [3.05, 3.63) is 0 Å². The molecule has 0 rings (SSSR count). The smallest absolute Gasteiger partial charge is 0.229 e. The largest absolute Gasteiger partial charge is 0.403 e. The molecule has 0 aromatic carbocycles. The van der Waals surface area contributed by atoms with Crippen LogP contribution in [0, 0.1) is 10.8 Å². The van der Waals surface area contributed by atoms with Crippen LogP contribution in [0.4, 0.5) is 26.3 Å². The Bertz CT molecular complexity index is 428. The summed E-state index contributed by atoms with van der Waals surface area (Å²) in [5.74, 6) is -1.16. The molecular formula is C12H20F6O2S. The monoisotopic (exact) mass is 342 g/mol. The maximum absolute atomic E-state index is 13.1. The Morgan fingerprint density at radius 2 is 1.14 bits per heavy atom. The lowest BCUT2D eigenvalue weighted by Gasteiger charge is -2.39. The average Bonchev–Trinajstić information content (AvgIpc) is 2.09. The standard InChI is InChI=1S/C12H20F6O2S/c1-9(2,3)5-6-10(11(13,14)15,12(16,17)18)7-8-21(4,19)20/h5-8H2,1-4H3. The molecule has 128 valence electrons. The van der Waals surface area contributed by atoms with Crippen LogP contribution in [0.1, 0.15) is 40.0 Å². The molecule has 2 nitrogen and oxygen atoms in total. The third kappa shape index (κ3) is 6.04. The minimum atomic E-state index is -5.55. The fraction of sp³-hybridized carbons (Fsp3) is 1.00. The fourth-order valence-corrected chi connectivity index (χ4v) is 2.52. The predicted octanol–water partition coefficient (Wildman–Crippen LogP) is 4.36. The van der Waals surface area contributed by atoms with Gasteiger partial charge in [-0.25, -0.2) is 8.42 Å². The summed E-state index contributed by atoms with van der Waals surface area (Å²) in [5, 5.41) is 0. The van der Waals surface area contributed by atoms with Gasteiger partial charge < -0.3 is 0 Å². The lowest BCUT2D eigenvalue weighted by Crippen LogP contribution is -2.51. The van der Waals surface area contributed by atoms with Crippen LogP contribution in [0.15, 0.2) is 0 Å². The Morgan fingerprint density at radius 1 is 0.762 bits per heavy atom. The van der Waals surface area contributed by atoms with Gasteiger partial charge in [0.25, 0.3) is 0 Å². The van der Waals surface area contributed by atoms with Crippen LogP contribution in [-0.4, -0.2) is 32.8 Å². The lowest BCUT2D eigenvalue weighted by atomic mass is 9.74. The van der Waals surface area contributed by atoms with Crippen molar-refractivity contribution >= 4 is 9.84 Å². The van der Waals surface area contributed by atoms with Gasteiger partial charge in [0.15, 0.2) is 5.41 Å². The summed E-state index contributed by atoms with van der Waals surface area (Å²) in [6, 6.07) is 0. The van der Waals surface area contributed by atoms with Crippen LogP contribution in [-0.2, 0) is 9.84 Å². The van der Waals surface area contributed by atoms with Gasteiger partial charge in [-0.15, -0.1) is 0 Å². The van der Waals surface area contributed by atoms with E-state index < -0.39 is 51.6 Å². The maximum atomic E-state index is 13.1. The van der Waals surface area contributed by atoms with Crippen molar-refractivity contribution in [2.24, 2.45) is 10.8 Å². The first kappa shape index (κ1) is 20.5.